The van der Waals surface area contributed by atoms with Crippen molar-refractivity contribution in [2.45, 2.75) is 6.04 Å². The number of aliphatic hydroxyl groups excluding tert-OH is 1. The highest BCUT2D eigenvalue weighted by atomic mass is 35.5. The van der Waals surface area contributed by atoms with Crippen molar-refractivity contribution in [3.8, 4) is 5.75 Å². The van der Waals surface area contributed by atoms with Gasteiger partial charge in [-0.2, -0.15) is 0 Å². The molecule has 0 saturated carbocycles. The third kappa shape index (κ3) is 2.74. The number of phenols is 1. The van der Waals surface area contributed by atoms with E-state index >= 15 is 0 Å². The van der Waals surface area contributed by atoms with Crippen molar-refractivity contribution in [3.63, 3.8) is 0 Å². The van der Waals surface area contributed by atoms with Crippen molar-refractivity contribution in [2.75, 3.05) is 6.61 Å². The molecule has 0 bridgehead atoms. The molecule has 0 radical (unpaired) electrons. The van der Waals surface area contributed by atoms with E-state index in [1.54, 1.807) is 18.2 Å². The fraction of sp³-hybridized carbons (Fsp3) is 0.250. The fourth-order valence-corrected chi connectivity index (χ4v) is 1.11. The van der Waals surface area contributed by atoms with Gasteiger partial charge in [0, 0.05) is 5.56 Å². The molecule has 1 rings (SSSR count). The average Bonchev–Trinajstić information content (AvgIpc) is 2.08. The Kier molecular flexibility index (Phi) is 5.10. The van der Waals surface area contributed by atoms with E-state index in [9.17, 15) is 5.11 Å². The summed E-state index contributed by atoms with van der Waals surface area (Å²) in [5.74, 6) is -0.0549. The molecular formula is C8H11Cl2NO2. The van der Waals surface area contributed by atoms with Gasteiger partial charge in [-0.15, -0.1) is 12.4 Å². The van der Waals surface area contributed by atoms with Gasteiger partial charge in [-0.05, 0) is 6.07 Å². The summed E-state index contributed by atoms with van der Waals surface area (Å²) < 4.78 is 0. The largest absolute Gasteiger partial charge is 0.506 e. The molecule has 0 unspecified atom stereocenters. The predicted octanol–water partition coefficient (Wildman–Crippen LogP) is 1.46. The smallest absolute Gasteiger partial charge is 0.139 e. The Morgan fingerprint density at radius 3 is 2.62 bits per heavy atom. The molecule has 1 atom stereocenters. The summed E-state index contributed by atoms with van der Waals surface area (Å²) in [6.07, 6.45) is 0. The summed E-state index contributed by atoms with van der Waals surface area (Å²) >= 11 is 5.63. The lowest BCUT2D eigenvalue weighted by Gasteiger charge is -2.10. The fourth-order valence-electron chi connectivity index (χ4n) is 0.930. The number of hydrogen-bond acceptors (Lipinski definition) is 3. The summed E-state index contributed by atoms with van der Waals surface area (Å²) in [6.45, 7) is -0.214. The van der Waals surface area contributed by atoms with Crippen molar-refractivity contribution in [2.24, 2.45) is 5.73 Å². The van der Waals surface area contributed by atoms with E-state index in [2.05, 4.69) is 0 Å². The minimum Gasteiger partial charge on any atom is -0.506 e. The van der Waals surface area contributed by atoms with Crippen LogP contribution in [-0.2, 0) is 0 Å². The predicted molar refractivity (Wildman–Crippen MR) is 54.4 cm³/mol. The zero-order valence-corrected chi connectivity index (χ0v) is 8.35. The number of benzene rings is 1. The van der Waals surface area contributed by atoms with Gasteiger partial charge in [-0.25, -0.2) is 0 Å². The van der Waals surface area contributed by atoms with Gasteiger partial charge >= 0.3 is 0 Å². The molecule has 0 aliphatic heterocycles. The van der Waals surface area contributed by atoms with Crippen molar-refractivity contribution in [1.29, 1.82) is 0 Å². The number of aliphatic hydroxyl groups is 1. The quantitative estimate of drug-likeness (QED) is 0.712. The zero-order chi connectivity index (χ0) is 9.14. The molecule has 0 fully saturated rings. The molecule has 3 nitrogen and oxygen atoms in total. The first-order chi connectivity index (χ1) is 5.66. The molecule has 0 amide bonds. The minimum absolute atomic E-state index is 0. The maximum absolute atomic E-state index is 9.38. The van der Waals surface area contributed by atoms with Crippen LogP contribution in [0.3, 0.4) is 0 Å². The molecule has 0 aromatic heterocycles. The first-order valence-corrected chi connectivity index (χ1v) is 3.88. The average molecular weight is 224 g/mol. The van der Waals surface area contributed by atoms with Crippen LogP contribution < -0.4 is 5.73 Å². The highest BCUT2D eigenvalue weighted by Crippen LogP contribution is 2.29. The number of aromatic hydroxyl groups is 1. The lowest BCUT2D eigenvalue weighted by Crippen LogP contribution is -2.14. The van der Waals surface area contributed by atoms with Crippen molar-refractivity contribution in [1.82, 2.24) is 0 Å². The van der Waals surface area contributed by atoms with E-state index in [1.165, 1.54) is 0 Å². The third-order valence-corrected chi connectivity index (χ3v) is 1.92. The summed E-state index contributed by atoms with van der Waals surface area (Å²) in [5, 5.41) is 18.3. The SMILES string of the molecule is Cl.N[C@H](CO)c1cccc(Cl)c1O. The van der Waals surface area contributed by atoms with Crippen molar-refractivity contribution >= 4 is 24.0 Å². The molecular weight excluding hydrogens is 213 g/mol. The van der Waals surface area contributed by atoms with E-state index in [0.717, 1.165) is 0 Å². The van der Waals surface area contributed by atoms with Gasteiger partial charge in [0.1, 0.15) is 5.75 Å². The Bertz CT molecular complexity index is 281. The highest BCUT2D eigenvalue weighted by molar-refractivity contribution is 6.32. The number of nitrogens with two attached hydrogens (primary N) is 1. The summed E-state index contributed by atoms with van der Waals surface area (Å²) in [5.41, 5.74) is 5.96. The Morgan fingerprint density at radius 1 is 1.46 bits per heavy atom. The zero-order valence-electron chi connectivity index (χ0n) is 6.77. The van der Waals surface area contributed by atoms with E-state index in [1.807, 2.05) is 0 Å². The van der Waals surface area contributed by atoms with Gasteiger partial charge < -0.3 is 15.9 Å². The van der Waals surface area contributed by atoms with Crippen LogP contribution in [0.2, 0.25) is 5.02 Å². The van der Waals surface area contributed by atoms with Crippen LogP contribution >= 0.6 is 24.0 Å². The van der Waals surface area contributed by atoms with E-state index < -0.39 is 6.04 Å². The van der Waals surface area contributed by atoms with Crippen LogP contribution in [0.4, 0.5) is 0 Å². The van der Waals surface area contributed by atoms with E-state index in [0.29, 0.717) is 5.56 Å². The molecule has 0 saturated heterocycles. The van der Waals surface area contributed by atoms with Gasteiger partial charge in [-0.1, -0.05) is 23.7 Å². The molecule has 0 aliphatic carbocycles. The van der Waals surface area contributed by atoms with Gasteiger partial charge in [0.15, 0.2) is 0 Å². The van der Waals surface area contributed by atoms with Crippen LogP contribution in [0.1, 0.15) is 11.6 Å². The van der Waals surface area contributed by atoms with Crippen molar-refractivity contribution in [3.05, 3.63) is 28.8 Å². The van der Waals surface area contributed by atoms with Gasteiger partial charge in [0.2, 0.25) is 0 Å². The summed E-state index contributed by atoms with van der Waals surface area (Å²) in [7, 11) is 0. The Morgan fingerprint density at radius 2 is 2.08 bits per heavy atom. The molecule has 0 spiro atoms. The first kappa shape index (κ1) is 12.5. The van der Waals surface area contributed by atoms with Gasteiger partial charge in [0.25, 0.3) is 0 Å². The Labute approximate surface area is 87.5 Å². The maximum atomic E-state index is 9.38. The van der Waals surface area contributed by atoms with Crippen LogP contribution in [0.15, 0.2) is 18.2 Å². The molecule has 74 valence electrons. The Balaban J connectivity index is 0.00000144. The lowest BCUT2D eigenvalue weighted by atomic mass is 10.1. The topological polar surface area (TPSA) is 66.5 Å². The molecule has 5 heteroatoms. The molecule has 1 aromatic carbocycles. The maximum Gasteiger partial charge on any atom is 0.139 e. The van der Waals surface area contributed by atoms with E-state index in [-0.39, 0.29) is 29.8 Å². The molecule has 13 heavy (non-hydrogen) atoms. The standard InChI is InChI=1S/C8H10ClNO2.ClH/c9-6-3-1-2-5(8(6)12)7(10)4-11;/h1-3,7,11-12H,4,10H2;1H/t7-;/m1./s1. The second kappa shape index (κ2) is 5.29. The molecule has 1 aromatic rings. The monoisotopic (exact) mass is 223 g/mol. The number of halogens is 2. The number of para-hydroxylation sites is 1. The third-order valence-electron chi connectivity index (χ3n) is 1.61. The number of phenolic OH excluding ortho intramolecular Hbond substituents is 1. The molecule has 4 N–H and O–H groups in total. The minimum atomic E-state index is -0.580. The first-order valence-electron chi connectivity index (χ1n) is 3.50. The number of rotatable bonds is 2. The normalized spacial score (nSPS) is 11.9. The summed E-state index contributed by atoms with van der Waals surface area (Å²) in [6, 6.07) is 4.28. The summed E-state index contributed by atoms with van der Waals surface area (Å²) in [4.78, 5) is 0. The van der Waals surface area contributed by atoms with Crippen LogP contribution in [0, 0.1) is 0 Å². The lowest BCUT2D eigenvalue weighted by molar-refractivity contribution is 0.265. The van der Waals surface area contributed by atoms with E-state index in [4.69, 9.17) is 22.4 Å². The number of hydrogen-bond donors (Lipinski definition) is 3. The van der Waals surface area contributed by atoms with Crippen LogP contribution in [0.5, 0.6) is 5.75 Å². The molecule has 0 aliphatic rings. The Hall–Kier alpha value is -0.480. The molecule has 0 heterocycles. The van der Waals surface area contributed by atoms with Crippen LogP contribution in [-0.4, -0.2) is 16.8 Å². The van der Waals surface area contributed by atoms with Crippen LogP contribution in [0.25, 0.3) is 0 Å². The van der Waals surface area contributed by atoms with Crippen molar-refractivity contribution < 1.29 is 10.2 Å². The second-order valence-corrected chi connectivity index (χ2v) is 2.87. The van der Waals surface area contributed by atoms with Gasteiger partial charge in [-0.3, -0.25) is 0 Å². The van der Waals surface area contributed by atoms with Gasteiger partial charge in [0.05, 0.1) is 17.7 Å². The highest BCUT2D eigenvalue weighted by Gasteiger charge is 2.11. The second-order valence-electron chi connectivity index (χ2n) is 2.47.